The molecule has 17 nitrogen and oxygen atoms in total. The molecule has 298 valence electrons. The van der Waals surface area contributed by atoms with E-state index in [0.717, 1.165) is 21.9 Å². The van der Waals surface area contributed by atoms with Crippen molar-refractivity contribution >= 4 is 52.2 Å². The highest BCUT2D eigenvalue weighted by molar-refractivity contribution is 5.96. The van der Waals surface area contributed by atoms with Crippen LogP contribution in [-0.2, 0) is 36.8 Å². The molecular weight excluding hydrogens is 718 g/mol. The SMILES string of the molecule is NC(N)=NCCC[C@@H]1NC(=O)[C@@H](NC(=O)CCN=C(N)N)C/C=C\C[C@H](C(=O)NCCc2ccc(O)cc2)NC(=O)[C@H](Cc2ccc3ccccc3c2)NC1=O. The first kappa shape index (κ1) is 42.1. The summed E-state index contributed by atoms with van der Waals surface area (Å²) in [6.07, 6.45) is 4.10. The number of fused-ring (bicyclic) bond motifs is 1. The zero-order valence-corrected chi connectivity index (χ0v) is 31.1. The second kappa shape index (κ2) is 21.3. The van der Waals surface area contributed by atoms with Crippen LogP contribution < -0.4 is 49.5 Å². The fourth-order valence-corrected chi connectivity index (χ4v) is 6.00. The topological polar surface area (TPSA) is 295 Å². The van der Waals surface area contributed by atoms with Gasteiger partial charge in [0.05, 0.1) is 6.54 Å². The van der Waals surface area contributed by atoms with Crippen LogP contribution in [0.2, 0.25) is 0 Å². The van der Waals surface area contributed by atoms with Crippen molar-refractivity contribution in [2.45, 2.75) is 69.1 Å². The molecule has 14 N–H and O–H groups in total. The molecule has 17 heteroatoms. The lowest BCUT2D eigenvalue weighted by Gasteiger charge is -2.27. The summed E-state index contributed by atoms with van der Waals surface area (Å²) in [6, 6.07) is 15.5. The summed E-state index contributed by atoms with van der Waals surface area (Å²) in [7, 11) is 0. The minimum Gasteiger partial charge on any atom is -0.508 e. The number of nitrogens with two attached hydrogens (primary N) is 4. The van der Waals surface area contributed by atoms with E-state index in [0.29, 0.717) is 12.8 Å². The predicted octanol–water partition coefficient (Wildman–Crippen LogP) is -0.547. The monoisotopic (exact) mass is 769 g/mol. The van der Waals surface area contributed by atoms with Crippen molar-refractivity contribution < 1.29 is 29.1 Å². The number of nitrogens with zero attached hydrogens (tertiary/aromatic N) is 2. The molecule has 0 spiro atoms. The number of phenols is 1. The first-order chi connectivity index (χ1) is 26.9. The highest BCUT2D eigenvalue weighted by Crippen LogP contribution is 2.18. The molecule has 4 rings (SSSR count). The van der Waals surface area contributed by atoms with Crippen molar-refractivity contribution in [2.75, 3.05) is 19.6 Å². The molecule has 1 heterocycles. The van der Waals surface area contributed by atoms with E-state index in [1.165, 1.54) is 0 Å². The third kappa shape index (κ3) is 14.0. The fourth-order valence-electron chi connectivity index (χ4n) is 6.00. The summed E-state index contributed by atoms with van der Waals surface area (Å²) in [5.74, 6) is -3.09. The molecule has 1 aliphatic rings. The molecule has 1 aliphatic heterocycles. The maximum absolute atomic E-state index is 14.1. The lowest BCUT2D eigenvalue weighted by Crippen LogP contribution is -2.59. The molecule has 4 atom stereocenters. The Morgan fingerprint density at radius 3 is 2.12 bits per heavy atom. The van der Waals surface area contributed by atoms with Gasteiger partial charge in [0.15, 0.2) is 11.9 Å². The van der Waals surface area contributed by atoms with E-state index in [4.69, 9.17) is 22.9 Å². The van der Waals surface area contributed by atoms with Gasteiger partial charge in [-0.3, -0.25) is 34.0 Å². The number of carbonyl (C=O) groups is 5. The van der Waals surface area contributed by atoms with Gasteiger partial charge in [-0.05, 0) is 66.1 Å². The summed E-state index contributed by atoms with van der Waals surface area (Å²) in [5.41, 5.74) is 23.3. The minimum absolute atomic E-state index is 0.00397. The molecule has 56 heavy (non-hydrogen) atoms. The largest absolute Gasteiger partial charge is 0.508 e. The quantitative estimate of drug-likeness (QED) is 0.0432. The van der Waals surface area contributed by atoms with Gasteiger partial charge in [0.25, 0.3) is 0 Å². The summed E-state index contributed by atoms with van der Waals surface area (Å²) < 4.78 is 0. The van der Waals surface area contributed by atoms with Crippen LogP contribution in [-0.4, -0.2) is 90.4 Å². The van der Waals surface area contributed by atoms with Crippen LogP contribution in [0.4, 0.5) is 0 Å². The van der Waals surface area contributed by atoms with Gasteiger partial charge >= 0.3 is 0 Å². The van der Waals surface area contributed by atoms with Crippen LogP contribution >= 0.6 is 0 Å². The van der Waals surface area contributed by atoms with Gasteiger partial charge in [-0.2, -0.15) is 0 Å². The number of aliphatic imine (C=N–C) groups is 2. The van der Waals surface area contributed by atoms with Crippen LogP contribution in [0.1, 0.15) is 43.2 Å². The third-order valence-corrected chi connectivity index (χ3v) is 8.94. The number of guanidine groups is 2. The molecule has 0 saturated carbocycles. The lowest BCUT2D eigenvalue weighted by atomic mass is 9.99. The highest BCUT2D eigenvalue weighted by Gasteiger charge is 2.31. The number of carbonyl (C=O) groups excluding carboxylic acids is 5. The summed E-state index contributed by atoms with van der Waals surface area (Å²) in [6.45, 7) is 0.406. The molecule has 3 aromatic carbocycles. The maximum Gasteiger partial charge on any atom is 0.243 e. The van der Waals surface area contributed by atoms with Crippen LogP contribution in [0, 0.1) is 0 Å². The Kier molecular flexibility index (Phi) is 16.0. The average Bonchev–Trinajstić information content (AvgIpc) is 3.16. The van der Waals surface area contributed by atoms with Gasteiger partial charge in [-0.1, -0.05) is 66.7 Å². The van der Waals surface area contributed by atoms with Crippen LogP contribution in [0.15, 0.2) is 88.9 Å². The average molecular weight is 770 g/mol. The molecule has 0 saturated heterocycles. The number of hydrogen-bond donors (Lipinski definition) is 10. The molecular formula is C39H51N11O6. The first-order valence-electron chi connectivity index (χ1n) is 18.4. The first-order valence-corrected chi connectivity index (χ1v) is 18.4. The van der Waals surface area contributed by atoms with E-state index < -0.39 is 53.7 Å². The van der Waals surface area contributed by atoms with E-state index in [2.05, 4.69) is 36.6 Å². The minimum atomic E-state index is -1.16. The Labute approximate surface area is 324 Å². The van der Waals surface area contributed by atoms with Crippen molar-refractivity contribution in [1.29, 1.82) is 0 Å². The highest BCUT2D eigenvalue weighted by atomic mass is 16.3. The van der Waals surface area contributed by atoms with Crippen LogP contribution in [0.3, 0.4) is 0 Å². The molecule has 0 bridgehead atoms. The van der Waals surface area contributed by atoms with E-state index in [9.17, 15) is 29.1 Å². The smallest absolute Gasteiger partial charge is 0.243 e. The number of rotatable bonds is 14. The Bertz CT molecular complexity index is 1920. The number of phenolic OH excluding ortho intramolecular Hbond substituents is 1. The number of nitrogens with one attached hydrogen (secondary N) is 5. The molecule has 3 aromatic rings. The van der Waals surface area contributed by atoms with Gasteiger partial charge < -0.3 is 54.6 Å². The predicted molar refractivity (Wildman–Crippen MR) is 214 cm³/mol. The number of benzene rings is 3. The van der Waals surface area contributed by atoms with Crippen molar-refractivity contribution in [3.63, 3.8) is 0 Å². The van der Waals surface area contributed by atoms with E-state index in [1.807, 2.05) is 42.5 Å². The van der Waals surface area contributed by atoms with Crippen molar-refractivity contribution in [3.8, 4) is 5.75 Å². The van der Waals surface area contributed by atoms with Gasteiger partial charge in [0, 0.05) is 25.9 Å². The zero-order valence-electron chi connectivity index (χ0n) is 31.1. The second-order valence-corrected chi connectivity index (χ2v) is 13.3. The second-order valence-electron chi connectivity index (χ2n) is 13.3. The van der Waals surface area contributed by atoms with Crippen molar-refractivity contribution in [2.24, 2.45) is 32.9 Å². The van der Waals surface area contributed by atoms with E-state index in [1.54, 1.807) is 36.4 Å². The number of hydrogen-bond acceptors (Lipinski definition) is 8. The molecule has 0 fully saturated rings. The summed E-state index contributed by atoms with van der Waals surface area (Å²) in [4.78, 5) is 76.1. The Balaban J connectivity index is 1.63. The zero-order chi connectivity index (χ0) is 40.5. The van der Waals surface area contributed by atoms with Crippen LogP contribution in [0.5, 0.6) is 5.75 Å². The fraction of sp³-hybridized carbons (Fsp3) is 0.359. The van der Waals surface area contributed by atoms with Crippen molar-refractivity contribution in [3.05, 3.63) is 90.0 Å². The standard InChI is InChI=1S/C39H51N11O6/c40-38(41)45-19-5-10-31-36(55)50-32(23-25-11-14-26-6-1-2-7-27(26)22-25)37(56)48-29(34(53)44-20-17-24-12-15-28(51)16-13-24)8-3-4-9-30(35(54)49-31)47-33(52)18-21-46-39(42)43/h1-4,6-7,11-16,22,29-32,51H,5,8-10,17-21,23H2,(H,44,53)(H,47,52)(H,48,56)(H,49,54)(H,50,55)(H4,40,41,45)(H4,42,43,46)/b4-3-/t29-,30+,31+,32+/m1/s1. The molecule has 0 aromatic heterocycles. The van der Waals surface area contributed by atoms with Gasteiger partial charge in [0.1, 0.15) is 29.9 Å². The normalized spacial score (nSPS) is 19.6. The number of aromatic hydroxyl groups is 1. The molecule has 0 aliphatic carbocycles. The molecule has 5 amide bonds. The van der Waals surface area contributed by atoms with Crippen LogP contribution in [0.25, 0.3) is 10.8 Å². The molecule has 0 radical (unpaired) electrons. The number of amides is 5. The van der Waals surface area contributed by atoms with Gasteiger partial charge in [0.2, 0.25) is 29.5 Å². The molecule has 0 unspecified atom stereocenters. The van der Waals surface area contributed by atoms with Gasteiger partial charge in [-0.25, -0.2) is 0 Å². The summed E-state index contributed by atoms with van der Waals surface area (Å²) in [5, 5.41) is 25.5. The summed E-state index contributed by atoms with van der Waals surface area (Å²) >= 11 is 0. The van der Waals surface area contributed by atoms with E-state index >= 15 is 0 Å². The van der Waals surface area contributed by atoms with E-state index in [-0.39, 0.29) is 69.4 Å². The maximum atomic E-state index is 14.1. The van der Waals surface area contributed by atoms with Gasteiger partial charge in [-0.15, -0.1) is 0 Å². The Morgan fingerprint density at radius 2 is 1.39 bits per heavy atom. The third-order valence-electron chi connectivity index (χ3n) is 8.94. The van der Waals surface area contributed by atoms with Crippen molar-refractivity contribution in [1.82, 2.24) is 26.6 Å². The Hall–Kier alpha value is -6.65. The lowest BCUT2D eigenvalue weighted by molar-refractivity contribution is -0.134. The Morgan fingerprint density at radius 1 is 0.750 bits per heavy atom.